The van der Waals surface area contributed by atoms with Crippen LogP contribution in [0.2, 0.25) is 0 Å². The van der Waals surface area contributed by atoms with Gasteiger partial charge in [-0.3, -0.25) is 10.4 Å². The van der Waals surface area contributed by atoms with Crippen LogP contribution in [0.4, 0.5) is 10.6 Å². The summed E-state index contributed by atoms with van der Waals surface area (Å²) in [6.07, 6.45) is 0.522. The first kappa shape index (κ1) is 16.0. The lowest BCUT2D eigenvalue weighted by Gasteiger charge is -2.05. The van der Waals surface area contributed by atoms with Gasteiger partial charge in [0.25, 0.3) is 0 Å². The maximum absolute atomic E-state index is 11.8. The summed E-state index contributed by atoms with van der Waals surface area (Å²) in [4.78, 5) is 11.8. The molecule has 1 heterocycles. The minimum absolute atomic E-state index is 0.0490. The number of H-pyrrole nitrogens is 1. The number of benzene rings is 2. The Morgan fingerprint density at radius 3 is 2.67 bits per heavy atom. The molecule has 6 heteroatoms. The van der Waals surface area contributed by atoms with Crippen molar-refractivity contribution in [3.05, 3.63) is 48.0 Å². The molecule has 1 aromatic heterocycles. The number of rotatable bonds is 5. The Balaban J connectivity index is 1.78. The van der Waals surface area contributed by atoms with E-state index >= 15 is 0 Å². The maximum Gasteiger partial charge on any atom is 0.320 e. The standard InChI is InChI=1S/C18H20N4O2/c1-12-3-5-13(6-4-12)14-7-8-15-16(11-14)21-22-17(15)20-18(24)19-9-2-10-23/h3-8,11,23H,2,9-10H2,1H3,(H3,19,20,21,22,24). The molecule has 0 aliphatic rings. The molecule has 0 atom stereocenters. The molecule has 0 aliphatic heterocycles. The molecule has 3 aromatic rings. The summed E-state index contributed by atoms with van der Waals surface area (Å²) in [5, 5.41) is 22.1. The number of aryl methyl sites for hydroxylation is 1. The molecule has 6 nitrogen and oxygen atoms in total. The number of amides is 2. The van der Waals surface area contributed by atoms with E-state index in [0.29, 0.717) is 18.8 Å². The molecule has 4 N–H and O–H groups in total. The van der Waals surface area contributed by atoms with Crippen molar-refractivity contribution in [2.75, 3.05) is 18.5 Å². The fraction of sp³-hybridized carbons (Fsp3) is 0.222. The molecule has 0 saturated carbocycles. The van der Waals surface area contributed by atoms with Gasteiger partial charge in [-0.15, -0.1) is 0 Å². The lowest BCUT2D eigenvalue weighted by atomic mass is 10.0. The highest BCUT2D eigenvalue weighted by Gasteiger charge is 2.10. The Kier molecular flexibility index (Phi) is 4.77. The Morgan fingerprint density at radius 2 is 1.92 bits per heavy atom. The smallest absolute Gasteiger partial charge is 0.320 e. The van der Waals surface area contributed by atoms with Crippen LogP contribution in [0.1, 0.15) is 12.0 Å². The number of carbonyl (C=O) groups excluding carboxylic acids is 1. The molecule has 0 spiro atoms. The number of urea groups is 1. The van der Waals surface area contributed by atoms with Crippen molar-refractivity contribution >= 4 is 22.8 Å². The van der Waals surface area contributed by atoms with Crippen LogP contribution >= 0.6 is 0 Å². The molecule has 0 aliphatic carbocycles. The lowest BCUT2D eigenvalue weighted by molar-refractivity contribution is 0.249. The zero-order chi connectivity index (χ0) is 16.9. The second-order valence-electron chi connectivity index (χ2n) is 5.66. The summed E-state index contributed by atoms with van der Waals surface area (Å²) in [5.74, 6) is 0.488. The minimum atomic E-state index is -0.334. The van der Waals surface area contributed by atoms with Gasteiger partial charge in [-0.1, -0.05) is 35.9 Å². The van der Waals surface area contributed by atoms with E-state index < -0.39 is 0 Å². The predicted molar refractivity (Wildman–Crippen MR) is 95.0 cm³/mol. The van der Waals surface area contributed by atoms with Gasteiger partial charge < -0.3 is 10.4 Å². The van der Waals surface area contributed by atoms with Crippen molar-refractivity contribution in [3.63, 3.8) is 0 Å². The highest BCUT2D eigenvalue weighted by atomic mass is 16.3. The van der Waals surface area contributed by atoms with Crippen LogP contribution in [0, 0.1) is 6.92 Å². The van der Waals surface area contributed by atoms with E-state index in [-0.39, 0.29) is 12.6 Å². The topological polar surface area (TPSA) is 90.0 Å². The highest BCUT2D eigenvalue weighted by molar-refractivity contribution is 6.00. The van der Waals surface area contributed by atoms with Gasteiger partial charge in [0.2, 0.25) is 0 Å². The van der Waals surface area contributed by atoms with Crippen molar-refractivity contribution in [2.45, 2.75) is 13.3 Å². The summed E-state index contributed by atoms with van der Waals surface area (Å²) in [6, 6.07) is 14.0. The lowest BCUT2D eigenvalue weighted by Crippen LogP contribution is -2.30. The molecule has 2 amide bonds. The van der Waals surface area contributed by atoms with Crippen LogP contribution in [0.15, 0.2) is 42.5 Å². The fourth-order valence-electron chi connectivity index (χ4n) is 2.47. The van der Waals surface area contributed by atoms with Gasteiger partial charge in [-0.25, -0.2) is 4.79 Å². The first-order chi connectivity index (χ1) is 11.7. The second-order valence-corrected chi connectivity index (χ2v) is 5.66. The van der Waals surface area contributed by atoms with Crippen LogP contribution in [-0.4, -0.2) is 34.5 Å². The van der Waals surface area contributed by atoms with E-state index in [1.54, 1.807) is 0 Å². The number of aromatic amines is 1. The normalized spacial score (nSPS) is 10.8. The average molecular weight is 324 g/mol. The van der Waals surface area contributed by atoms with Gasteiger partial charge in [-0.2, -0.15) is 5.10 Å². The van der Waals surface area contributed by atoms with Crippen LogP contribution < -0.4 is 10.6 Å². The zero-order valence-corrected chi connectivity index (χ0v) is 13.5. The number of anilines is 1. The van der Waals surface area contributed by atoms with Gasteiger partial charge >= 0.3 is 6.03 Å². The van der Waals surface area contributed by atoms with Gasteiger partial charge in [0.15, 0.2) is 5.82 Å². The van der Waals surface area contributed by atoms with E-state index in [9.17, 15) is 4.79 Å². The number of aliphatic hydroxyl groups is 1. The second kappa shape index (κ2) is 7.14. The van der Waals surface area contributed by atoms with Crippen LogP contribution in [-0.2, 0) is 0 Å². The summed E-state index contributed by atoms with van der Waals surface area (Å²) in [5.41, 5.74) is 4.30. The van der Waals surface area contributed by atoms with Gasteiger partial charge in [-0.05, 0) is 36.6 Å². The van der Waals surface area contributed by atoms with E-state index in [2.05, 4.69) is 52.0 Å². The maximum atomic E-state index is 11.8. The molecule has 0 radical (unpaired) electrons. The Hall–Kier alpha value is -2.86. The molecule has 24 heavy (non-hydrogen) atoms. The molecule has 3 rings (SSSR count). The van der Waals surface area contributed by atoms with Crippen molar-refractivity contribution in [3.8, 4) is 11.1 Å². The van der Waals surface area contributed by atoms with Gasteiger partial charge in [0.1, 0.15) is 0 Å². The first-order valence-electron chi connectivity index (χ1n) is 7.88. The van der Waals surface area contributed by atoms with Gasteiger partial charge in [0.05, 0.1) is 5.52 Å². The fourth-order valence-corrected chi connectivity index (χ4v) is 2.47. The molecule has 0 fully saturated rings. The number of hydrogen-bond acceptors (Lipinski definition) is 3. The molecule has 0 unspecified atom stereocenters. The number of carbonyl (C=O) groups is 1. The minimum Gasteiger partial charge on any atom is -0.396 e. The van der Waals surface area contributed by atoms with Crippen LogP contribution in [0.3, 0.4) is 0 Å². The Bertz CT molecular complexity index is 840. The number of nitrogens with one attached hydrogen (secondary N) is 3. The number of aromatic nitrogens is 2. The van der Waals surface area contributed by atoms with E-state index in [1.807, 2.05) is 18.2 Å². The molecule has 124 valence electrons. The molecule has 0 bridgehead atoms. The van der Waals surface area contributed by atoms with Crippen molar-refractivity contribution in [2.24, 2.45) is 0 Å². The van der Waals surface area contributed by atoms with E-state index in [1.165, 1.54) is 5.56 Å². The van der Waals surface area contributed by atoms with Crippen molar-refractivity contribution < 1.29 is 9.90 Å². The highest BCUT2D eigenvalue weighted by Crippen LogP contribution is 2.27. The third-order valence-corrected chi connectivity index (χ3v) is 3.80. The monoisotopic (exact) mass is 324 g/mol. The summed E-state index contributed by atoms with van der Waals surface area (Å²) >= 11 is 0. The van der Waals surface area contributed by atoms with Crippen LogP contribution in [0.5, 0.6) is 0 Å². The Morgan fingerprint density at radius 1 is 1.17 bits per heavy atom. The molecular formula is C18H20N4O2. The third kappa shape index (κ3) is 3.55. The zero-order valence-electron chi connectivity index (χ0n) is 13.5. The summed E-state index contributed by atoms with van der Waals surface area (Å²) in [7, 11) is 0. The number of nitrogens with zero attached hydrogens (tertiary/aromatic N) is 1. The molecule has 0 saturated heterocycles. The predicted octanol–water partition coefficient (Wildman–Crippen LogP) is 3.04. The van der Waals surface area contributed by atoms with E-state index in [4.69, 9.17) is 5.11 Å². The SMILES string of the molecule is Cc1ccc(-c2ccc3c(NC(=O)NCCCO)n[nH]c3c2)cc1. The first-order valence-corrected chi connectivity index (χ1v) is 7.88. The van der Waals surface area contributed by atoms with E-state index in [0.717, 1.165) is 22.0 Å². The molecular weight excluding hydrogens is 304 g/mol. The Labute approximate surface area is 139 Å². The number of aliphatic hydroxyl groups excluding tert-OH is 1. The number of hydrogen-bond donors (Lipinski definition) is 4. The summed E-state index contributed by atoms with van der Waals surface area (Å²) < 4.78 is 0. The summed E-state index contributed by atoms with van der Waals surface area (Å²) in [6.45, 7) is 2.53. The van der Waals surface area contributed by atoms with Gasteiger partial charge in [0, 0.05) is 18.5 Å². The van der Waals surface area contributed by atoms with Crippen molar-refractivity contribution in [1.82, 2.24) is 15.5 Å². The largest absolute Gasteiger partial charge is 0.396 e. The van der Waals surface area contributed by atoms with Crippen LogP contribution in [0.25, 0.3) is 22.0 Å². The number of fused-ring (bicyclic) bond motifs is 1. The third-order valence-electron chi connectivity index (χ3n) is 3.80. The quantitative estimate of drug-likeness (QED) is 0.544. The average Bonchev–Trinajstić information content (AvgIpc) is 2.98. The van der Waals surface area contributed by atoms with Crippen molar-refractivity contribution in [1.29, 1.82) is 0 Å². The molecule has 2 aromatic carbocycles.